The normalized spacial score (nSPS) is 13.1. The van der Waals surface area contributed by atoms with Crippen molar-refractivity contribution in [2.75, 3.05) is 6.61 Å². The SMILES string of the molecule is CCOc1ncccc1C(=NC#N)/N=c1\sc(C(C)(C)C)cn1CC(C)C. The maximum Gasteiger partial charge on any atom is 0.224 e. The molecule has 144 valence electrons. The van der Waals surface area contributed by atoms with Gasteiger partial charge < -0.3 is 9.30 Å². The smallest absolute Gasteiger partial charge is 0.224 e. The second kappa shape index (κ2) is 8.96. The molecule has 0 saturated heterocycles. The molecule has 0 spiro atoms. The number of nitriles is 1. The van der Waals surface area contributed by atoms with Gasteiger partial charge in [-0.2, -0.15) is 15.2 Å². The van der Waals surface area contributed by atoms with E-state index in [4.69, 9.17) is 9.73 Å². The average Bonchev–Trinajstić information content (AvgIpc) is 2.97. The molecule has 0 aliphatic carbocycles. The number of pyridine rings is 1. The number of hydrogen-bond acceptors (Lipinski definition) is 5. The molecule has 0 bridgehead atoms. The Labute approximate surface area is 164 Å². The van der Waals surface area contributed by atoms with Crippen LogP contribution in [0.15, 0.2) is 34.5 Å². The third-order valence-electron chi connectivity index (χ3n) is 3.67. The van der Waals surface area contributed by atoms with Crippen LogP contribution in [0.4, 0.5) is 0 Å². The Morgan fingerprint density at radius 2 is 2.15 bits per heavy atom. The van der Waals surface area contributed by atoms with E-state index in [1.165, 1.54) is 4.88 Å². The quantitative estimate of drug-likeness (QED) is 0.441. The van der Waals surface area contributed by atoms with Gasteiger partial charge in [0, 0.05) is 23.8 Å². The van der Waals surface area contributed by atoms with Crippen molar-refractivity contribution < 1.29 is 4.74 Å². The van der Waals surface area contributed by atoms with Crippen LogP contribution in [0.1, 0.15) is 52.0 Å². The molecular formula is C20H27N5OS. The van der Waals surface area contributed by atoms with E-state index in [-0.39, 0.29) is 5.41 Å². The van der Waals surface area contributed by atoms with Gasteiger partial charge in [0.2, 0.25) is 12.1 Å². The van der Waals surface area contributed by atoms with Crippen LogP contribution < -0.4 is 9.54 Å². The van der Waals surface area contributed by atoms with Crippen LogP contribution in [-0.2, 0) is 12.0 Å². The molecule has 0 N–H and O–H groups in total. The van der Waals surface area contributed by atoms with E-state index in [9.17, 15) is 5.26 Å². The van der Waals surface area contributed by atoms with Gasteiger partial charge in [0.15, 0.2) is 10.6 Å². The second-order valence-corrected chi connectivity index (χ2v) is 8.62. The highest BCUT2D eigenvalue weighted by Crippen LogP contribution is 2.25. The zero-order valence-corrected chi connectivity index (χ0v) is 17.7. The first kappa shape index (κ1) is 20.8. The fraction of sp³-hybridized carbons (Fsp3) is 0.500. The van der Waals surface area contributed by atoms with Gasteiger partial charge in [-0.05, 0) is 30.4 Å². The zero-order valence-electron chi connectivity index (χ0n) is 16.9. The maximum atomic E-state index is 9.18. The molecule has 2 aromatic rings. The van der Waals surface area contributed by atoms with E-state index in [2.05, 4.69) is 55.4 Å². The van der Waals surface area contributed by atoms with Crippen LogP contribution in [0.3, 0.4) is 0 Å². The van der Waals surface area contributed by atoms with Gasteiger partial charge in [0.1, 0.15) is 0 Å². The largest absolute Gasteiger partial charge is 0.477 e. The first-order valence-electron chi connectivity index (χ1n) is 9.06. The van der Waals surface area contributed by atoms with Crippen LogP contribution in [0.2, 0.25) is 0 Å². The Morgan fingerprint density at radius 1 is 1.41 bits per heavy atom. The van der Waals surface area contributed by atoms with Crippen molar-refractivity contribution in [3.05, 3.63) is 39.8 Å². The Balaban J connectivity index is 2.64. The zero-order chi connectivity index (χ0) is 20.0. The summed E-state index contributed by atoms with van der Waals surface area (Å²) >= 11 is 1.62. The fourth-order valence-electron chi connectivity index (χ4n) is 2.43. The second-order valence-electron chi connectivity index (χ2n) is 7.61. The van der Waals surface area contributed by atoms with Crippen molar-refractivity contribution in [2.45, 2.75) is 53.5 Å². The molecule has 0 aromatic carbocycles. The van der Waals surface area contributed by atoms with Crippen molar-refractivity contribution in [3.63, 3.8) is 0 Å². The summed E-state index contributed by atoms with van der Waals surface area (Å²) in [6.07, 6.45) is 5.67. The van der Waals surface area contributed by atoms with Crippen LogP contribution in [0.25, 0.3) is 0 Å². The Bertz CT molecular complexity index is 909. The minimum Gasteiger partial charge on any atom is -0.477 e. The van der Waals surface area contributed by atoms with Crippen molar-refractivity contribution >= 4 is 17.2 Å². The Kier molecular flexibility index (Phi) is 6.92. The molecule has 0 unspecified atom stereocenters. The number of aromatic nitrogens is 2. The molecule has 0 atom stereocenters. The lowest BCUT2D eigenvalue weighted by molar-refractivity contribution is 0.326. The number of aliphatic imine (C=N–C) groups is 1. The highest BCUT2D eigenvalue weighted by atomic mass is 32.1. The molecule has 0 fully saturated rings. The minimum atomic E-state index is 0.0223. The number of ether oxygens (including phenoxy) is 1. The summed E-state index contributed by atoms with van der Waals surface area (Å²) in [6.45, 7) is 14.1. The number of nitrogens with zero attached hydrogens (tertiary/aromatic N) is 5. The summed E-state index contributed by atoms with van der Waals surface area (Å²) in [5, 5.41) is 9.18. The van der Waals surface area contributed by atoms with Crippen molar-refractivity contribution in [3.8, 4) is 12.1 Å². The molecule has 0 aliphatic heterocycles. The lowest BCUT2D eigenvalue weighted by Gasteiger charge is -2.14. The first-order chi connectivity index (χ1) is 12.8. The van der Waals surface area contributed by atoms with Gasteiger partial charge in [-0.1, -0.05) is 34.6 Å². The maximum absolute atomic E-state index is 9.18. The van der Waals surface area contributed by atoms with Gasteiger partial charge >= 0.3 is 0 Å². The Morgan fingerprint density at radius 3 is 2.74 bits per heavy atom. The van der Waals surface area contributed by atoms with Crippen LogP contribution in [0, 0.1) is 17.4 Å². The molecule has 27 heavy (non-hydrogen) atoms. The monoisotopic (exact) mass is 385 g/mol. The topological polar surface area (TPSA) is 75.6 Å². The van der Waals surface area contributed by atoms with E-state index < -0.39 is 0 Å². The van der Waals surface area contributed by atoms with E-state index in [1.807, 2.05) is 19.2 Å². The highest BCUT2D eigenvalue weighted by Gasteiger charge is 2.19. The van der Waals surface area contributed by atoms with Crippen molar-refractivity contribution in [2.24, 2.45) is 15.9 Å². The first-order valence-corrected chi connectivity index (χ1v) is 9.88. The van der Waals surface area contributed by atoms with Gasteiger partial charge in [0.05, 0.1) is 12.2 Å². The van der Waals surface area contributed by atoms with Crippen LogP contribution in [0.5, 0.6) is 5.88 Å². The lowest BCUT2D eigenvalue weighted by Crippen LogP contribution is -2.19. The summed E-state index contributed by atoms with van der Waals surface area (Å²) < 4.78 is 7.73. The number of hydrogen-bond donors (Lipinski definition) is 0. The summed E-state index contributed by atoms with van der Waals surface area (Å²) in [4.78, 5) is 15.0. The third kappa shape index (κ3) is 5.51. The molecule has 7 heteroatoms. The van der Waals surface area contributed by atoms with Gasteiger partial charge in [-0.3, -0.25) is 0 Å². The lowest BCUT2D eigenvalue weighted by atomic mass is 9.95. The highest BCUT2D eigenvalue weighted by molar-refractivity contribution is 7.09. The van der Waals surface area contributed by atoms with Crippen LogP contribution in [-0.4, -0.2) is 22.0 Å². The van der Waals surface area contributed by atoms with E-state index >= 15 is 0 Å². The number of thiazole rings is 1. The standard InChI is InChI=1S/C20H27N5OS/c1-7-26-18-15(9-8-10-22-18)17(23-13-21)24-19-25(11-14(2)3)12-16(27-19)20(4,5)6/h8-10,12,14H,7,11H2,1-6H3/b23-17?,24-19-. The molecule has 2 heterocycles. The van der Waals surface area contributed by atoms with Crippen LogP contribution >= 0.6 is 11.3 Å². The molecule has 0 amide bonds. The fourth-order valence-corrected chi connectivity index (χ4v) is 3.49. The summed E-state index contributed by atoms with van der Waals surface area (Å²) in [5.74, 6) is 1.22. The van der Waals surface area contributed by atoms with Gasteiger partial charge in [-0.15, -0.1) is 11.3 Å². The van der Waals surface area contributed by atoms with E-state index in [1.54, 1.807) is 23.6 Å². The Hall–Kier alpha value is -2.46. The molecular weight excluding hydrogens is 358 g/mol. The number of amidine groups is 1. The predicted octanol–water partition coefficient (Wildman–Crippen LogP) is 4.13. The molecule has 2 rings (SSSR count). The minimum absolute atomic E-state index is 0.0223. The number of rotatable bonds is 5. The average molecular weight is 386 g/mol. The molecule has 0 saturated carbocycles. The summed E-state index contributed by atoms with van der Waals surface area (Å²) in [6, 6.07) is 3.61. The van der Waals surface area contributed by atoms with E-state index in [0.29, 0.717) is 29.8 Å². The van der Waals surface area contributed by atoms with Gasteiger partial charge in [0.25, 0.3) is 0 Å². The molecule has 6 nitrogen and oxygen atoms in total. The summed E-state index contributed by atoms with van der Waals surface area (Å²) in [7, 11) is 0. The molecule has 2 aromatic heterocycles. The van der Waals surface area contributed by atoms with E-state index in [0.717, 1.165) is 11.3 Å². The summed E-state index contributed by atoms with van der Waals surface area (Å²) in [5.41, 5.74) is 0.636. The van der Waals surface area contributed by atoms with Crippen molar-refractivity contribution in [1.82, 2.24) is 9.55 Å². The molecule has 0 radical (unpaired) electrons. The third-order valence-corrected chi connectivity index (χ3v) is 5.12. The van der Waals surface area contributed by atoms with Crippen molar-refractivity contribution in [1.29, 1.82) is 5.26 Å². The van der Waals surface area contributed by atoms with Gasteiger partial charge in [-0.25, -0.2) is 4.98 Å². The predicted molar refractivity (Wildman–Crippen MR) is 109 cm³/mol. The molecule has 0 aliphatic rings.